The van der Waals surface area contributed by atoms with Gasteiger partial charge in [-0.15, -0.1) is 0 Å². The fourth-order valence-electron chi connectivity index (χ4n) is 6.06. The van der Waals surface area contributed by atoms with Crippen LogP contribution >= 0.6 is 0 Å². The summed E-state index contributed by atoms with van der Waals surface area (Å²) in [5.41, 5.74) is 5.10. The Bertz CT molecular complexity index is 1450. The van der Waals surface area contributed by atoms with E-state index in [0.29, 0.717) is 5.92 Å². The lowest BCUT2D eigenvalue weighted by atomic mass is 9.86. The maximum absolute atomic E-state index is 12.1. The number of aromatic carboxylic acids is 1. The van der Waals surface area contributed by atoms with Gasteiger partial charge < -0.3 is 9.84 Å². The number of carbonyl (C=O) groups is 1. The number of carboxylic acid groups (broad SMARTS) is 1. The molecule has 1 N–H and O–H groups in total. The van der Waals surface area contributed by atoms with Gasteiger partial charge in [0.25, 0.3) is 0 Å². The van der Waals surface area contributed by atoms with Crippen LogP contribution in [0.2, 0.25) is 0 Å². The molecule has 0 spiro atoms. The highest BCUT2D eigenvalue weighted by Gasteiger charge is 2.45. The maximum atomic E-state index is 12.1. The topological polar surface area (TPSA) is 82.2 Å². The molecule has 2 aromatic carbocycles. The summed E-state index contributed by atoms with van der Waals surface area (Å²) in [6, 6.07) is 16.4. The predicted molar refractivity (Wildman–Crippen MR) is 146 cm³/mol. The van der Waals surface area contributed by atoms with Crippen molar-refractivity contribution in [2.24, 2.45) is 13.0 Å². The summed E-state index contributed by atoms with van der Waals surface area (Å²) in [6.45, 7) is 2.19. The van der Waals surface area contributed by atoms with Gasteiger partial charge in [0.05, 0.1) is 29.9 Å². The Labute approximate surface area is 223 Å². The molecule has 7 heteroatoms. The van der Waals surface area contributed by atoms with Crippen molar-refractivity contribution in [2.75, 3.05) is 0 Å². The molecular formula is C31H34N4O3. The Balaban J connectivity index is 1.28. The molecule has 0 unspecified atom stereocenters. The lowest BCUT2D eigenvalue weighted by Crippen LogP contribution is -2.25. The highest BCUT2D eigenvalue weighted by Crippen LogP contribution is 2.55. The molecule has 0 amide bonds. The van der Waals surface area contributed by atoms with Gasteiger partial charge in [-0.2, -0.15) is 10.2 Å². The zero-order chi connectivity index (χ0) is 26.2. The first-order valence-electron chi connectivity index (χ1n) is 13.6. The van der Waals surface area contributed by atoms with Crippen molar-refractivity contribution in [3.8, 4) is 22.6 Å². The largest absolute Gasteiger partial charge is 0.490 e. The summed E-state index contributed by atoms with van der Waals surface area (Å²) >= 11 is 0. The second-order valence-corrected chi connectivity index (χ2v) is 10.9. The quantitative estimate of drug-likeness (QED) is 0.289. The summed E-state index contributed by atoms with van der Waals surface area (Å²) in [5, 5.41) is 18.7. The van der Waals surface area contributed by atoms with Crippen LogP contribution in [0.1, 0.15) is 78.9 Å². The number of aromatic nitrogens is 4. The number of aryl methyl sites for hydroxylation is 1. The molecule has 0 saturated heterocycles. The minimum absolute atomic E-state index is 0.0921. The molecule has 0 bridgehead atoms. The van der Waals surface area contributed by atoms with Gasteiger partial charge >= 0.3 is 5.97 Å². The molecule has 38 heavy (non-hydrogen) atoms. The molecule has 3 atom stereocenters. The molecule has 2 saturated carbocycles. The van der Waals surface area contributed by atoms with Crippen LogP contribution in [0.25, 0.3) is 16.8 Å². The molecule has 4 aromatic rings. The number of hydrogen-bond acceptors (Lipinski definition) is 4. The Hall–Kier alpha value is -3.87. The monoisotopic (exact) mass is 510 g/mol. The molecule has 2 fully saturated rings. The fourth-order valence-corrected chi connectivity index (χ4v) is 6.06. The Morgan fingerprint density at radius 1 is 1.00 bits per heavy atom. The lowest BCUT2D eigenvalue weighted by Gasteiger charge is -2.28. The van der Waals surface area contributed by atoms with Crippen LogP contribution in [0.3, 0.4) is 0 Å². The molecule has 2 heterocycles. The van der Waals surface area contributed by atoms with E-state index in [1.54, 1.807) is 9.36 Å². The van der Waals surface area contributed by atoms with Crippen molar-refractivity contribution < 1.29 is 14.6 Å². The van der Waals surface area contributed by atoms with E-state index in [1.165, 1.54) is 38.3 Å². The summed E-state index contributed by atoms with van der Waals surface area (Å²) in [5.74, 6) is 0.901. The summed E-state index contributed by atoms with van der Waals surface area (Å²) in [4.78, 5) is 12.1. The van der Waals surface area contributed by atoms with Crippen LogP contribution in [-0.2, 0) is 7.05 Å². The van der Waals surface area contributed by atoms with E-state index in [4.69, 9.17) is 4.74 Å². The van der Waals surface area contributed by atoms with Gasteiger partial charge in [0.1, 0.15) is 11.3 Å². The number of benzene rings is 2. The standard InChI is InChI=1S/C31H34N4O3/c1-20(21-8-4-3-5-9-21)38-26-13-7-11-23(15-26)22-10-6-12-25(14-22)35-30(29(18-33-35)31(36)37)28-16-27(28)24-17-32-34(2)19-24/h6-7,10-15,17-21,27-28H,3-5,8-9,16H2,1-2H3,(H,36,37)/t20-,27-,28+/m0/s1. The third-order valence-corrected chi connectivity index (χ3v) is 8.23. The summed E-state index contributed by atoms with van der Waals surface area (Å²) < 4.78 is 9.98. The first-order valence-corrected chi connectivity index (χ1v) is 13.6. The average Bonchev–Trinajstić information content (AvgIpc) is 3.38. The second-order valence-electron chi connectivity index (χ2n) is 10.9. The van der Waals surface area contributed by atoms with E-state index in [2.05, 4.69) is 41.4 Å². The van der Waals surface area contributed by atoms with E-state index in [-0.39, 0.29) is 23.5 Å². The van der Waals surface area contributed by atoms with Crippen molar-refractivity contribution in [1.82, 2.24) is 19.6 Å². The SMILES string of the molecule is C[C@H](Oc1cccc(-c2cccc(-n3ncc(C(=O)O)c3[C@@H]3C[C@H]3c3cnn(C)c3)c2)c1)C1CCCCC1. The maximum Gasteiger partial charge on any atom is 0.339 e. The van der Waals surface area contributed by atoms with Gasteiger partial charge in [-0.1, -0.05) is 43.5 Å². The molecule has 2 aliphatic rings. The third-order valence-electron chi connectivity index (χ3n) is 8.23. The van der Waals surface area contributed by atoms with Gasteiger partial charge in [0.2, 0.25) is 0 Å². The molecule has 6 rings (SSSR count). The molecule has 0 radical (unpaired) electrons. The van der Waals surface area contributed by atoms with E-state index < -0.39 is 5.97 Å². The molecule has 0 aliphatic heterocycles. The Morgan fingerprint density at radius 3 is 2.50 bits per heavy atom. The normalized spacial score (nSPS) is 20.3. The second kappa shape index (κ2) is 10.1. The van der Waals surface area contributed by atoms with Crippen LogP contribution in [-0.4, -0.2) is 36.7 Å². The van der Waals surface area contributed by atoms with Crippen LogP contribution in [0.5, 0.6) is 5.75 Å². The van der Waals surface area contributed by atoms with E-state index in [0.717, 1.165) is 40.2 Å². The van der Waals surface area contributed by atoms with Crippen molar-refractivity contribution in [3.05, 3.63) is 83.9 Å². The predicted octanol–water partition coefficient (Wildman–Crippen LogP) is 6.59. The van der Waals surface area contributed by atoms with Crippen molar-refractivity contribution in [1.29, 1.82) is 0 Å². The highest BCUT2D eigenvalue weighted by molar-refractivity contribution is 5.89. The van der Waals surface area contributed by atoms with Crippen molar-refractivity contribution in [3.63, 3.8) is 0 Å². The van der Waals surface area contributed by atoms with Crippen LogP contribution < -0.4 is 4.74 Å². The third kappa shape index (κ3) is 4.85. The average molecular weight is 511 g/mol. The molecule has 7 nitrogen and oxygen atoms in total. The van der Waals surface area contributed by atoms with E-state index in [9.17, 15) is 9.90 Å². The number of rotatable bonds is 8. The van der Waals surface area contributed by atoms with Crippen LogP contribution in [0.15, 0.2) is 67.1 Å². The van der Waals surface area contributed by atoms with Crippen LogP contribution in [0, 0.1) is 5.92 Å². The molecule has 196 valence electrons. The number of ether oxygens (including phenoxy) is 1. The summed E-state index contributed by atoms with van der Waals surface area (Å²) in [6.07, 6.45) is 12.9. The number of nitrogens with zero attached hydrogens (tertiary/aromatic N) is 4. The van der Waals surface area contributed by atoms with Crippen LogP contribution in [0.4, 0.5) is 0 Å². The van der Waals surface area contributed by atoms with Gasteiger partial charge in [-0.3, -0.25) is 4.68 Å². The van der Waals surface area contributed by atoms with Crippen molar-refractivity contribution >= 4 is 5.97 Å². The first kappa shape index (κ1) is 24.5. The minimum atomic E-state index is -0.948. The highest BCUT2D eigenvalue weighted by atomic mass is 16.5. The van der Waals surface area contributed by atoms with E-state index >= 15 is 0 Å². The molecular weight excluding hydrogens is 476 g/mol. The Morgan fingerprint density at radius 2 is 1.76 bits per heavy atom. The van der Waals surface area contributed by atoms with E-state index in [1.807, 2.05) is 43.7 Å². The molecule has 2 aliphatic carbocycles. The smallest absolute Gasteiger partial charge is 0.339 e. The van der Waals surface area contributed by atoms with Gasteiger partial charge in [-0.05, 0) is 79.0 Å². The van der Waals surface area contributed by atoms with Crippen molar-refractivity contribution in [2.45, 2.75) is 63.4 Å². The lowest BCUT2D eigenvalue weighted by molar-refractivity contribution is 0.0695. The first-order chi connectivity index (χ1) is 18.5. The fraction of sp³-hybridized carbons (Fsp3) is 0.387. The van der Waals surface area contributed by atoms with Gasteiger partial charge in [0, 0.05) is 19.2 Å². The zero-order valence-corrected chi connectivity index (χ0v) is 22.0. The number of hydrogen-bond donors (Lipinski definition) is 1. The molecule has 2 aromatic heterocycles. The Kier molecular flexibility index (Phi) is 6.52. The number of carboxylic acids is 1. The minimum Gasteiger partial charge on any atom is -0.490 e. The van der Waals surface area contributed by atoms with Gasteiger partial charge in [0.15, 0.2) is 0 Å². The zero-order valence-electron chi connectivity index (χ0n) is 22.0. The summed E-state index contributed by atoms with van der Waals surface area (Å²) in [7, 11) is 1.90. The van der Waals surface area contributed by atoms with Gasteiger partial charge in [-0.25, -0.2) is 9.48 Å².